The first kappa shape index (κ1) is 43.8. The molecule has 63 heavy (non-hydrogen) atoms. The monoisotopic (exact) mass is 907 g/mol. The largest absolute Gasteiger partial charge is 2.00 e. The van der Waals surface area contributed by atoms with Crippen molar-refractivity contribution in [2.75, 3.05) is 0 Å². The summed E-state index contributed by atoms with van der Waals surface area (Å²) in [5.74, 6) is 4.27. The smallest absolute Gasteiger partial charge is 0.858 e. The van der Waals surface area contributed by atoms with E-state index in [-0.39, 0.29) is 17.1 Å². The summed E-state index contributed by atoms with van der Waals surface area (Å²) in [6.07, 6.45) is 25.6. The van der Waals surface area contributed by atoms with Gasteiger partial charge < -0.3 is 10.2 Å². The fraction of sp³-hybridized carbons (Fsp3) is 0.667. The van der Waals surface area contributed by atoms with Crippen LogP contribution in [0.3, 0.4) is 0 Å². The van der Waals surface area contributed by atoms with Gasteiger partial charge in [0.05, 0.1) is 49.3 Å². The third-order valence-corrected chi connectivity index (χ3v) is 17.0. The molecule has 4 saturated carbocycles. The molecule has 11 aliphatic rings. The Bertz CT molecular complexity index is 1790. The minimum absolute atomic E-state index is 0. The SMILES string of the molecule is C1CCC2C3NC(NC4NC(NC5NC(NC6NC(N3)C3CCCCC63)C3CCCCC53)C3CCCCC43)C2C1.O=C1N=C([O-])c2ccccc21.O=C1N=C([O-])c2ccccc21.[Cu+2]. The average molecular weight is 909 g/mol. The molecular weight excluding hydrogens is 844 g/mol. The van der Waals surface area contributed by atoms with E-state index >= 15 is 0 Å². The summed E-state index contributed by atoms with van der Waals surface area (Å²) in [5, 5.41) is 55.6. The molecule has 1 radical (unpaired) electrons. The van der Waals surface area contributed by atoms with Crippen LogP contribution in [0.5, 0.6) is 0 Å². The van der Waals surface area contributed by atoms with Crippen molar-refractivity contribution < 1.29 is 36.9 Å². The van der Waals surface area contributed by atoms with E-state index in [4.69, 9.17) is 0 Å². The van der Waals surface area contributed by atoms with Crippen LogP contribution in [-0.4, -0.2) is 72.9 Å². The van der Waals surface area contributed by atoms with Crippen LogP contribution in [0, 0.1) is 47.3 Å². The van der Waals surface area contributed by atoms with Crippen LogP contribution in [0.2, 0.25) is 0 Å². The normalized spacial score (nSPS) is 41.7. The van der Waals surface area contributed by atoms with Crippen molar-refractivity contribution in [2.45, 2.75) is 152 Å². The maximum absolute atomic E-state index is 10.9. The number of nitrogens with one attached hydrogen (secondary N) is 8. The zero-order chi connectivity index (χ0) is 41.9. The number of rotatable bonds is 0. The summed E-state index contributed by atoms with van der Waals surface area (Å²) >= 11 is 0. The van der Waals surface area contributed by atoms with Crippen LogP contribution in [0.25, 0.3) is 0 Å². The molecule has 0 spiro atoms. The predicted octanol–water partition coefficient (Wildman–Crippen LogP) is 2.50. The molecule has 5 saturated heterocycles. The Morgan fingerprint density at radius 3 is 0.730 bits per heavy atom. The molecule has 8 bridgehead atoms. The molecule has 0 aromatic heterocycles. The number of hydrogen-bond donors (Lipinski definition) is 8. The molecule has 7 heterocycles. The molecule has 8 unspecified atom stereocenters. The molecule has 7 aliphatic heterocycles. The molecule has 9 fully saturated rings. The molecule has 8 atom stereocenters. The Kier molecular flexibility index (Phi) is 13.0. The van der Waals surface area contributed by atoms with Gasteiger partial charge in [-0.2, -0.15) is 0 Å². The van der Waals surface area contributed by atoms with E-state index in [0.29, 0.717) is 71.6 Å². The first-order chi connectivity index (χ1) is 30.4. The van der Waals surface area contributed by atoms with Gasteiger partial charge in [0.2, 0.25) is 0 Å². The molecule has 2 aromatic carbocycles. The second-order valence-corrected chi connectivity index (χ2v) is 20.1. The van der Waals surface area contributed by atoms with E-state index in [0.717, 1.165) is 47.3 Å². The first-order valence-electron chi connectivity index (χ1n) is 24.3. The third-order valence-electron chi connectivity index (χ3n) is 17.0. The molecule has 2 amide bonds. The Morgan fingerprint density at radius 2 is 0.540 bits per heavy atom. The predicted molar refractivity (Wildman–Crippen MR) is 232 cm³/mol. The Morgan fingerprint density at radius 1 is 0.349 bits per heavy atom. The van der Waals surface area contributed by atoms with E-state index in [1.807, 2.05) is 0 Å². The Balaban J connectivity index is 0.000000167. The second kappa shape index (κ2) is 18.7. The minimum atomic E-state index is -0.425. The van der Waals surface area contributed by atoms with Gasteiger partial charge in [-0.3, -0.25) is 52.1 Å². The molecule has 8 N–H and O–H groups in total. The number of nitrogens with zero attached hydrogens (tertiary/aromatic N) is 2. The van der Waals surface area contributed by atoms with Crippen LogP contribution >= 0.6 is 0 Å². The molecule has 4 aliphatic carbocycles. The van der Waals surface area contributed by atoms with Gasteiger partial charge in [-0.05, 0) is 134 Å². The van der Waals surface area contributed by atoms with E-state index in [9.17, 15) is 19.8 Å². The maximum atomic E-state index is 10.9. The molecule has 14 nitrogen and oxygen atoms in total. The molecule has 341 valence electrons. The van der Waals surface area contributed by atoms with Gasteiger partial charge in [0.25, 0.3) is 11.8 Å². The molecule has 2 aromatic rings. The quantitative estimate of drug-likeness (QED) is 0.180. The van der Waals surface area contributed by atoms with Crippen LogP contribution in [0.4, 0.5) is 0 Å². The van der Waals surface area contributed by atoms with Crippen molar-refractivity contribution in [3.05, 3.63) is 70.8 Å². The third kappa shape index (κ3) is 8.38. The van der Waals surface area contributed by atoms with Crippen LogP contribution < -0.4 is 52.7 Å². The van der Waals surface area contributed by atoms with Gasteiger partial charge in [0.1, 0.15) is 0 Å². The molecule has 13 rings (SSSR count). The maximum Gasteiger partial charge on any atom is 2.00 e. The van der Waals surface area contributed by atoms with Crippen LogP contribution in [-0.2, 0) is 17.1 Å². The molecule has 15 heteroatoms. The number of amides is 2. The summed E-state index contributed by atoms with van der Waals surface area (Å²) in [6, 6.07) is 13.3. The van der Waals surface area contributed by atoms with Gasteiger partial charge in [0.15, 0.2) is 0 Å². The Labute approximate surface area is 381 Å². The van der Waals surface area contributed by atoms with Gasteiger partial charge in [-0.25, -0.2) is 9.98 Å². The number of carbonyl (C=O) groups excluding carboxylic acids is 2. The van der Waals surface area contributed by atoms with Gasteiger partial charge in [-0.1, -0.05) is 87.8 Å². The fourth-order valence-electron chi connectivity index (χ4n) is 14.1. The topological polar surface area (TPSA) is 201 Å². The van der Waals surface area contributed by atoms with Crippen molar-refractivity contribution in [1.82, 2.24) is 42.5 Å². The van der Waals surface area contributed by atoms with Crippen molar-refractivity contribution in [2.24, 2.45) is 57.3 Å². The van der Waals surface area contributed by atoms with Gasteiger partial charge in [-0.15, -0.1) is 0 Å². The van der Waals surface area contributed by atoms with E-state index in [1.165, 1.54) is 103 Å². The Hall–Kier alpha value is -3.08. The number of aliphatic imine (C=N–C) groups is 2. The average Bonchev–Trinajstić information content (AvgIpc) is 4.14. The second-order valence-electron chi connectivity index (χ2n) is 20.1. The number of fused-ring (bicyclic) bond motifs is 22. The van der Waals surface area contributed by atoms with Crippen LogP contribution in [0.1, 0.15) is 135 Å². The number of carbonyl (C=O) groups is 2. The standard InChI is InChI=1S/C32H56N8.2C8H5NO2.Cu/c1-2-10-18-17(9-1)25-33-26(18)38-28-21-13-5-6-14-22(21)30(35-28)40-32-24-16-8-7-15-23(24)31(36-32)39-29-20-12-4-3-11-19(20)27(34-29)37-25;2*10-7-5-3-1-2-4-6(5)8(11)9-7;/h17-40H,1-16H2;2*1-4H,(H,9,10,11);/q;;;+2/p-2. The van der Waals surface area contributed by atoms with Crippen molar-refractivity contribution in [1.29, 1.82) is 0 Å². The van der Waals surface area contributed by atoms with Crippen molar-refractivity contribution in [3.8, 4) is 0 Å². The zero-order valence-electron chi connectivity index (χ0n) is 36.0. The van der Waals surface area contributed by atoms with E-state index in [1.54, 1.807) is 48.5 Å². The minimum Gasteiger partial charge on any atom is -0.858 e. The molecular formula is C48H64CuN10O4. The van der Waals surface area contributed by atoms with Crippen molar-refractivity contribution >= 4 is 23.6 Å². The fourth-order valence-corrected chi connectivity index (χ4v) is 14.1. The summed E-state index contributed by atoms with van der Waals surface area (Å²) in [4.78, 5) is 28.3. The van der Waals surface area contributed by atoms with E-state index < -0.39 is 23.6 Å². The van der Waals surface area contributed by atoms with Crippen molar-refractivity contribution in [3.63, 3.8) is 0 Å². The zero-order valence-corrected chi connectivity index (χ0v) is 36.9. The number of benzene rings is 2. The van der Waals surface area contributed by atoms with Crippen LogP contribution in [0.15, 0.2) is 58.5 Å². The van der Waals surface area contributed by atoms with Gasteiger partial charge in [0, 0.05) is 11.1 Å². The summed E-state index contributed by atoms with van der Waals surface area (Å²) < 4.78 is 0. The number of hydrogen-bond acceptors (Lipinski definition) is 12. The summed E-state index contributed by atoms with van der Waals surface area (Å²) in [5.41, 5.74) is 1.66. The summed E-state index contributed by atoms with van der Waals surface area (Å²) in [7, 11) is 0. The van der Waals surface area contributed by atoms with E-state index in [2.05, 4.69) is 52.5 Å². The first-order valence-corrected chi connectivity index (χ1v) is 24.3. The van der Waals surface area contributed by atoms with Gasteiger partial charge >= 0.3 is 17.1 Å². The summed E-state index contributed by atoms with van der Waals surface area (Å²) in [6.45, 7) is 0.